The molecule has 1 saturated heterocycles. The lowest BCUT2D eigenvalue weighted by Crippen LogP contribution is -2.61. The van der Waals surface area contributed by atoms with Gasteiger partial charge in [0.15, 0.2) is 0 Å². The van der Waals surface area contributed by atoms with Crippen LogP contribution in [-0.4, -0.2) is 36.4 Å². The van der Waals surface area contributed by atoms with E-state index in [1.807, 2.05) is 34.6 Å². The lowest BCUT2D eigenvalue weighted by atomic mass is 9.81. The van der Waals surface area contributed by atoms with Crippen LogP contribution in [-0.2, 0) is 4.74 Å². The molecule has 0 spiro atoms. The Labute approximate surface area is 116 Å². The number of nitrogens with one attached hydrogen (secondary N) is 2. The van der Waals surface area contributed by atoms with Gasteiger partial charge in [0.1, 0.15) is 5.60 Å². The average molecular weight is 271 g/mol. The molecular weight excluding hydrogens is 242 g/mol. The highest BCUT2D eigenvalue weighted by molar-refractivity contribution is 5.68. The van der Waals surface area contributed by atoms with E-state index in [-0.39, 0.29) is 6.04 Å². The fourth-order valence-corrected chi connectivity index (χ4v) is 2.42. The number of nitrogens with two attached hydrogens (primary N) is 1. The average Bonchev–Trinajstić information content (AvgIpc) is 2.25. The first kappa shape index (κ1) is 16.2. The van der Waals surface area contributed by atoms with E-state index in [1.54, 1.807) is 0 Å². The predicted molar refractivity (Wildman–Crippen MR) is 77.0 cm³/mol. The Kier molecular flexibility index (Phi) is 5.21. The SMILES string of the molecule is CC(C)(C)OC(=O)NC(C)(C)C(N)C1CCCNC1. The second kappa shape index (κ2) is 6.09. The van der Waals surface area contributed by atoms with Crippen molar-refractivity contribution in [2.45, 2.75) is 64.6 Å². The molecule has 1 rings (SSSR count). The van der Waals surface area contributed by atoms with Crippen LogP contribution in [0.4, 0.5) is 4.79 Å². The molecule has 5 nitrogen and oxygen atoms in total. The van der Waals surface area contributed by atoms with Gasteiger partial charge in [-0.15, -0.1) is 0 Å². The third kappa shape index (κ3) is 5.37. The largest absolute Gasteiger partial charge is 0.444 e. The molecular formula is C14H29N3O2. The van der Waals surface area contributed by atoms with E-state index >= 15 is 0 Å². The lowest BCUT2D eigenvalue weighted by Gasteiger charge is -2.39. The molecule has 1 fully saturated rings. The molecule has 1 aliphatic heterocycles. The number of hydrogen-bond donors (Lipinski definition) is 3. The number of carbonyl (C=O) groups is 1. The van der Waals surface area contributed by atoms with Crippen LogP contribution in [0.1, 0.15) is 47.5 Å². The Bertz CT molecular complexity index is 304. The Morgan fingerprint density at radius 2 is 2.00 bits per heavy atom. The van der Waals surface area contributed by atoms with Gasteiger partial charge in [-0.1, -0.05) is 0 Å². The van der Waals surface area contributed by atoms with Crippen molar-refractivity contribution in [1.29, 1.82) is 0 Å². The third-order valence-corrected chi connectivity index (χ3v) is 3.50. The van der Waals surface area contributed by atoms with Gasteiger partial charge in [-0.2, -0.15) is 0 Å². The van der Waals surface area contributed by atoms with Gasteiger partial charge in [-0.25, -0.2) is 4.79 Å². The van der Waals surface area contributed by atoms with Crippen LogP contribution in [0.3, 0.4) is 0 Å². The molecule has 0 radical (unpaired) electrons. The number of amides is 1. The Morgan fingerprint density at radius 1 is 1.37 bits per heavy atom. The van der Waals surface area contributed by atoms with Gasteiger partial charge in [0.05, 0.1) is 5.54 Å². The molecule has 1 aliphatic rings. The van der Waals surface area contributed by atoms with Crippen molar-refractivity contribution in [2.24, 2.45) is 11.7 Å². The van der Waals surface area contributed by atoms with Crippen LogP contribution in [0.5, 0.6) is 0 Å². The minimum absolute atomic E-state index is 0.0900. The molecule has 0 aromatic carbocycles. The van der Waals surface area contributed by atoms with E-state index in [0.29, 0.717) is 5.92 Å². The maximum absolute atomic E-state index is 11.9. The second-order valence-corrected chi connectivity index (χ2v) is 6.98. The number of ether oxygens (including phenoxy) is 1. The molecule has 19 heavy (non-hydrogen) atoms. The summed E-state index contributed by atoms with van der Waals surface area (Å²) in [7, 11) is 0. The molecule has 0 aromatic heterocycles. The summed E-state index contributed by atoms with van der Waals surface area (Å²) in [6.07, 6.45) is 1.84. The summed E-state index contributed by atoms with van der Waals surface area (Å²) in [5, 5.41) is 6.25. The van der Waals surface area contributed by atoms with Gasteiger partial charge in [0.2, 0.25) is 0 Å². The first-order valence-electron chi connectivity index (χ1n) is 7.09. The van der Waals surface area contributed by atoms with Gasteiger partial charge in [-0.3, -0.25) is 0 Å². The zero-order valence-electron chi connectivity index (χ0n) is 12.9. The van der Waals surface area contributed by atoms with Crippen LogP contribution >= 0.6 is 0 Å². The van der Waals surface area contributed by atoms with Crippen LogP contribution in [0.15, 0.2) is 0 Å². The number of hydrogen-bond acceptors (Lipinski definition) is 4. The molecule has 112 valence electrons. The maximum atomic E-state index is 11.9. The fourth-order valence-electron chi connectivity index (χ4n) is 2.42. The van der Waals surface area contributed by atoms with E-state index in [1.165, 1.54) is 0 Å². The number of rotatable bonds is 3. The molecule has 0 saturated carbocycles. The van der Waals surface area contributed by atoms with E-state index < -0.39 is 17.2 Å². The van der Waals surface area contributed by atoms with Gasteiger partial charge in [0.25, 0.3) is 0 Å². The smallest absolute Gasteiger partial charge is 0.408 e. The Hall–Kier alpha value is -0.810. The highest BCUT2D eigenvalue weighted by Crippen LogP contribution is 2.22. The highest BCUT2D eigenvalue weighted by Gasteiger charge is 2.35. The summed E-state index contributed by atoms with van der Waals surface area (Å²) in [5.74, 6) is 0.388. The molecule has 2 atom stereocenters. The van der Waals surface area contributed by atoms with Crippen molar-refractivity contribution >= 4 is 6.09 Å². The minimum atomic E-state index is -0.489. The van der Waals surface area contributed by atoms with Crippen molar-refractivity contribution in [1.82, 2.24) is 10.6 Å². The van der Waals surface area contributed by atoms with Gasteiger partial charge in [0, 0.05) is 6.04 Å². The molecule has 0 aliphatic carbocycles. The summed E-state index contributed by atoms with van der Waals surface area (Å²) in [6, 6.07) is -0.0900. The first-order valence-corrected chi connectivity index (χ1v) is 7.09. The normalized spacial score (nSPS) is 22.7. The number of carbonyl (C=O) groups excluding carboxylic acids is 1. The molecule has 1 amide bonds. The van der Waals surface area contributed by atoms with Crippen LogP contribution in [0.2, 0.25) is 0 Å². The summed E-state index contributed by atoms with van der Waals surface area (Å²) in [5.41, 5.74) is 5.36. The highest BCUT2D eigenvalue weighted by atomic mass is 16.6. The van der Waals surface area contributed by atoms with Crippen molar-refractivity contribution in [2.75, 3.05) is 13.1 Å². The van der Waals surface area contributed by atoms with Crippen LogP contribution < -0.4 is 16.4 Å². The van der Waals surface area contributed by atoms with Gasteiger partial charge in [-0.05, 0) is 66.5 Å². The summed E-state index contributed by atoms with van der Waals surface area (Å²) >= 11 is 0. The second-order valence-electron chi connectivity index (χ2n) is 6.98. The quantitative estimate of drug-likeness (QED) is 0.729. The molecule has 1 heterocycles. The zero-order valence-corrected chi connectivity index (χ0v) is 12.9. The van der Waals surface area contributed by atoms with Crippen LogP contribution in [0, 0.1) is 5.92 Å². The van der Waals surface area contributed by atoms with Crippen molar-refractivity contribution in [3.05, 3.63) is 0 Å². The monoisotopic (exact) mass is 271 g/mol. The standard InChI is InChI=1S/C14H29N3O2/c1-13(2,3)19-12(18)17-14(4,5)11(15)10-7-6-8-16-9-10/h10-11,16H,6-9,15H2,1-5H3,(H,17,18). The van der Waals surface area contributed by atoms with Gasteiger partial charge < -0.3 is 21.1 Å². The predicted octanol–water partition coefficient (Wildman–Crippen LogP) is 1.62. The van der Waals surface area contributed by atoms with E-state index in [0.717, 1.165) is 25.9 Å². The first-order chi connectivity index (χ1) is 8.62. The summed E-state index contributed by atoms with van der Waals surface area (Å²) in [6.45, 7) is 11.4. The van der Waals surface area contributed by atoms with E-state index in [9.17, 15) is 4.79 Å². The maximum Gasteiger partial charge on any atom is 0.408 e. The molecule has 2 unspecified atom stereocenters. The lowest BCUT2D eigenvalue weighted by molar-refractivity contribution is 0.0440. The van der Waals surface area contributed by atoms with E-state index in [4.69, 9.17) is 10.5 Å². The molecule has 5 heteroatoms. The van der Waals surface area contributed by atoms with Crippen LogP contribution in [0.25, 0.3) is 0 Å². The topological polar surface area (TPSA) is 76.4 Å². The summed E-state index contributed by atoms with van der Waals surface area (Å²) in [4.78, 5) is 11.9. The summed E-state index contributed by atoms with van der Waals surface area (Å²) < 4.78 is 5.29. The molecule has 4 N–H and O–H groups in total. The van der Waals surface area contributed by atoms with Gasteiger partial charge >= 0.3 is 6.09 Å². The van der Waals surface area contributed by atoms with E-state index in [2.05, 4.69) is 10.6 Å². The zero-order chi connectivity index (χ0) is 14.7. The Morgan fingerprint density at radius 3 is 2.47 bits per heavy atom. The third-order valence-electron chi connectivity index (χ3n) is 3.50. The van der Waals surface area contributed by atoms with Crippen molar-refractivity contribution < 1.29 is 9.53 Å². The molecule has 0 aromatic rings. The van der Waals surface area contributed by atoms with Crippen molar-refractivity contribution in [3.63, 3.8) is 0 Å². The minimum Gasteiger partial charge on any atom is -0.444 e. The fraction of sp³-hybridized carbons (Fsp3) is 0.929. The van der Waals surface area contributed by atoms with Crippen molar-refractivity contribution in [3.8, 4) is 0 Å². The number of alkyl carbamates (subject to hydrolysis) is 1. The molecule has 0 bridgehead atoms. The Balaban J connectivity index is 2.56. The number of piperidine rings is 1.